The van der Waals surface area contributed by atoms with Gasteiger partial charge in [0.2, 0.25) is 5.91 Å². The van der Waals surface area contributed by atoms with Gasteiger partial charge in [-0.15, -0.1) is 0 Å². The van der Waals surface area contributed by atoms with Gasteiger partial charge in [0, 0.05) is 42.1 Å². The van der Waals surface area contributed by atoms with E-state index in [2.05, 4.69) is 41.0 Å². The van der Waals surface area contributed by atoms with Gasteiger partial charge < -0.3 is 15.5 Å². The van der Waals surface area contributed by atoms with Crippen LogP contribution < -0.4 is 15.5 Å². The number of nitrogens with zero attached hydrogens (tertiary/aromatic N) is 2. The van der Waals surface area contributed by atoms with Gasteiger partial charge in [0.1, 0.15) is 0 Å². The Morgan fingerprint density at radius 2 is 1.65 bits per heavy atom. The minimum atomic E-state index is -0.370. The van der Waals surface area contributed by atoms with E-state index in [0.717, 1.165) is 13.1 Å². The van der Waals surface area contributed by atoms with Crippen LogP contribution >= 0.6 is 0 Å². The summed E-state index contributed by atoms with van der Waals surface area (Å²) in [5.41, 5.74) is 9.71. The number of anilines is 2. The fourth-order valence-electron chi connectivity index (χ4n) is 3.92. The maximum atomic E-state index is 11.2. The van der Waals surface area contributed by atoms with Crippen LogP contribution in [-0.4, -0.2) is 31.1 Å². The molecule has 0 spiro atoms. The number of nitrogens with two attached hydrogens (primary N) is 1. The molecule has 2 saturated heterocycles. The van der Waals surface area contributed by atoms with Crippen molar-refractivity contribution in [2.45, 2.75) is 25.4 Å². The van der Waals surface area contributed by atoms with Gasteiger partial charge in [0.15, 0.2) is 0 Å². The molecular formula is C19H21N3O. The molecule has 2 fully saturated rings. The molecule has 0 aromatic heterocycles. The van der Waals surface area contributed by atoms with Crippen molar-refractivity contribution >= 4 is 17.3 Å². The highest BCUT2D eigenvalue weighted by molar-refractivity contribution is 5.93. The summed E-state index contributed by atoms with van der Waals surface area (Å²) in [5, 5.41) is 0. The highest BCUT2D eigenvalue weighted by atomic mass is 16.1. The minimum Gasteiger partial charge on any atom is -0.366 e. The van der Waals surface area contributed by atoms with E-state index in [1.54, 1.807) is 0 Å². The number of fused-ring (bicyclic) bond motifs is 2. The smallest absolute Gasteiger partial charge is 0.248 e. The van der Waals surface area contributed by atoms with Crippen LogP contribution in [0.25, 0.3) is 0 Å². The fourth-order valence-corrected chi connectivity index (χ4v) is 3.92. The van der Waals surface area contributed by atoms with Crippen molar-refractivity contribution in [1.29, 1.82) is 0 Å². The highest BCUT2D eigenvalue weighted by Crippen LogP contribution is 2.37. The maximum Gasteiger partial charge on any atom is 0.248 e. The second-order valence-corrected chi connectivity index (χ2v) is 6.60. The van der Waals surface area contributed by atoms with Crippen LogP contribution in [0.3, 0.4) is 0 Å². The van der Waals surface area contributed by atoms with E-state index in [0.29, 0.717) is 17.6 Å². The van der Waals surface area contributed by atoms with Crippen LogP contribution in [0.15, 0.2) is 48.5 Å². The zero-order valence-electron chi connectivity index (χ0n) is 13.3. The molecule has 4 rings (SSSR count). The Kier molecular flexibility index (Phi) is 3.26. The van der Waals surface area contributed by atoms with E-state index in [4.69, 9.17) is 5.73 Å². The lowest BCUT2D eigenvalue weighted by Crippen LogP contribution is -2.46. The molecule has 23 heavy (non-hydrogen) atoms. The van der Waals surface area contributed by atoms with Gasteiger partial charge in [-0.2, -0.15) is 0 Å². The number of hydrogen-bond donors (Lipinski definition) is 1. The Morgan fingerprint density at radius 3 is 2.22 bits per heavy atom. The van der Waals surface area contributed by atoms with Gasteiger partial charge >= 0.3 is 0 Å². The van der Waals surface area contributed by atoms with E-state index >= 15 is 0 Å². The average Bonchev–Trinajstić information content (AvgIpc) is 3.15. The first-order valence-electron chi connectivity index (χ1n) is 8.11. The Labute approximate surface area is 136 Å². The average molecular weight is 307 g/mol. The molecule has 0 unspecified atom stereocenters. The van der Waals surface area contributed by atoms with Gasteiger partial charge in [-0.3, -0.25) is 4.79 Å². The molecule has 118 valence electrons. The predicted molar refractivity (Wildman–Crippen MR) is 93.0 cm³/mol. The first-order chi connectivity index (χ1) is 11.1. The summed E-state index contributed by atoms with van der Waals surface area (Å²) >= 11 is 0. The van der Waals surface area contributed by atoms with Crippen molar-refractivity contribution in [1.82, 2.24) is 0 Å². The van der Waals surface area contributed by atoms with Gasteiger partial charge in [-0.1, -0.05) is 12.1 Å². The van der Waals surface area contributed by atoms with Crippen LogP contribution in [0.2, 0.25) is 0 Å². The summed E-state index contributed by atoms with van der Waals surface area (Å²) in [6.07, 6.45) is 1.20. The molecule has 4 heteroatoms. The van der Waals surface area contributed by atoms with Crippen molar-refractivity contribution < 1.29 is 4.79 Å². The molecule has 2 bridgehead atoms. The topological polar surface area (TPSA) is 49.6 Å². The third-order valence-corrected chi connectivity index (χ3v) is 5.06. The standard InChI is InChI=1S/C19H21N3O/c1-13-3-2-4-16(9-13)22-12-17-10-18(22)11-21(17)15-7-5-14(6-8-15)19(20)23/h2-9,17-18H,10-12H2,1H3,(H2,20,23)/t17-,18-/m1/s1. The first-order valence-corrected chi connectivity index (χ1v) is 8.11. The third kappa shape index (κ3) is 2.44. The van der Waals surface area contributed by atoms with Crippen molar-refractivity contribution in [2.75, 3.05) is 22.9 Å². The summed E-state index contributed by atoms with van der Waals surface area (Å²) in [4.78, 5) is 16.2. The predicted octanol–water partition coefficient (Wildman–Crippen LogP) is 2.56. The number of benzene rings is 2. The van der Waals surface area contributed by atoms with E-state index < -0.39 is 0 Å². The van der Waals surface area contributed by atoms with E-state index in [1.165, 1.54) is 23.4 Å². The Hall–Kier alpha value is -2.49. The zero-order valence-corrected chi connectivity index (χ0v) is 13.3. The molecule has 0 radical (unpaired) electrons. The lowest BCUT2D eigenvalue weighted by molar-refractivity contribution is 0.100. The molecule has 2 aromatic carbocycles. The Bertz CT molecular complexity index is 741. The lowest BCUT2D eigenvalue weighted by atomic mass is 10.1. The monoisotopic (exact) mass is 307 g/mol. The fraction of sp³-hybridized carbons (Fsp3) is 0.316. The summed E-state index contributed by atoms with van der Waals surface area (Å²) in [6.45, 7) is 4.24. The zero-order chi connectivity index (χ0) is 16.0. The van der Waals surface area contributed by atoms with E-state index in [1.807, 2.05) is 24.3 Å². The second kappa shape index (κ2) is 5.30. The largest absolute Gasteiger partial charge is 0.366 e. The number of rotatable bonds is 3. The number of aryl methyl sites for hydroxylation is 1. The number of primary amides is 1. The lowest BCUT2D eigenvalue weighted by Gasteiger charge is -2.37. The van der Waals surface area contributed by atoms with Crippen molar-refractivity contribution in [3.05, 3.63) is 59.7 Å². The summed E-state index contributed by atoms with van der Waals surface area (Å²) in [5.74, 6) is -0.370. The number of amides is 1. The SMILES string of the molecule is Cc1cccc(N2C[C@H]3C[C@@H]2CN3c2ccc(C(N)=O)cc2)c1. The number of hydrogen-bond acceptors (Lipinski definition) is 3. The molecule has 0 aliphatic carbocycles. The normalized spacial score (nSPS) is 22.7. The van der Waals surface area contributed by atoms with Gasteiger partial charge in [-0.25, -0.2) is 0 Å². The number of piperazine rings is 1. The molecule has 4 nitrogen and oxygen atoms in total. The van der Waals surface area contributed by atoms with Crippen LogP contribution in [0.5, 0.6) is 0 Å². The third-order valence-electron chi connectivity index (χ3n) is 5.06. The molecule has 2 heterocycles. The molecular weight excluding hydrogens is 286 g/mol. The summed E-state index contributed by atoms with van der Waals surface area (Å²) < 4.78 is 0. The highest BCUT2D eigenvalue weighted by Gasteiger charge is 2.43. The molecule has 2 aliphatic rings. The van der Waals surface area contributed by atoms with E-state index in [-0.39, 0.29) is 5.91 Å². The van der Waals surface area contributed by atoms with E-state index in [9.17, 15) is 4.79 Å². The summed E-state index contributed by atoms with van der Waals surface area (Å²) in [6, 6.07) is 17.5. The van der Waals surface area contributed by atoms with Crippen LogP contribution in [-0.2, 0) is 0 Å². The van der Waals surface area contributed by atoms with Gasteiger partial charge in [-0.05, 0) is 55.3 Å². The minimum absolute atomic E-state index is 0.370. The molecule has 2 aromatic rings. The molecule has 2 aliphatic heterocycles. The van der Waals surface area contributed by atoms with Crippen molar-refractivity contribution in [3.8, 4) is 0 Å². The van der Waals surface area contributed by atoms with Crippen molar-refractivity contribution in [3.63, 3.8) is 0 Å². The molecule has 2 N–H and O–H groups in total. The molecule has 2 atom stereocenters. The maximum absolute atomic E-state index is 11.2. The van der Waals surface area contributed by atoms with Crippen LogP contribution in [0.4, 0.5) is 11.4 Å². The van der Waals surface area contributed by atoms with Crippen molar-refractivity contribution in [2.24, 2.45) is 5.73 Å². The molecule has 1 amide bonds. The first kappa shape index (κ1) is 14.1. The van der Waals surface area contributed by atoms with Gasteiger partial charge in [0.25, 0.3) is 0 Å². The summed E-state index contributed by atoms with van der Waals surface area (Å²) in [7, 11) is 0. The second-order valence-electron chi connectivity index (χ2n) is 6.60. The quantitative estimate of drug-likeness (QED) is 0.948. The van der Waals surface area contributed by atoms with Crippen LogP contribution in [0.1, 0.15) is 22.3 Å². The number of carbonyl (C=O) groups is 1. The number of carbonyl (C=O) groups excluding carboxylic acids is 1. The Balaban J connectivity index is 1.51. The molecule has 0 saturated carbocycles. The Morgan fingerprint density at radius 1 is 1.00 bits per heavy atom. The van der Waals surface area contributed by atoms with Gasteiger partial charge in [0.05, 0.1) is 0 Å². The van der Waals surface area contributed by atoms with Crippen LogP contribution in [0, 0.1) is 6.92 Å².